The first-order valence-corrected chi connectivity index (χ1v) is 8.35. The molecule has 0 amide bonds. The molecule has 0 heterocycles. The lowest BCUT2D eigenvalue weighted by molar-refractivity contribution is 0.531. The Morgan fingerprint density at radius 1 is 0.579 bits per heavy atom. The van der Waals surface area contributed by atoms with Crippen molar-refractivity contribution in [3.8, 4) is 0 Å². The first-order valence-electron chi connectivity index (χ1n) is 8.35. The van der Waals surface area contributed by atoms with Gasteiger partial charge in [-0.3, -0.25) is 11.3 Å². The van der Waals surface area contributed by atoms with E-state index in [0.29, 0.717) is 0 Å². The van der Waals surface area contributed by atoms with Gasteiger partial charge in [0.2, 0.25) is 0 Å². The van der Waals surface area contributed by atoms with Crippen molar-refractivity contribution in [2.75, 3.05) is 6.54 Å². The van der Waals surface area contributed by atoms with Crippen LogP contribution in [0.4, 0.5) is 0 Å². The smallest absolute Gasteiger partial charge is 0.00974 e. The summed E-state index contributed by atoms with van der Waals surface area (Å²) in [5, 5.41) is 0. The highest BCUT2D eigenvalue weighted by Gasteiger charge is 1.93. The number of hydrogen-bond donors (Lipinski definition) is 2. The van der Waals surface area contributed by atoms with E-state index in [9.17, 15) is 0 Å². The van der Waals surface area contributed by atoms with Crippen LogP contribution in [0.25, 0.3) is 0 Å². The summed E-state index contributed by atoms with van der Waals surface area (Å²) < 4.78 is 0. The molecule has 2 nitrogen and oxygen atoms in total. The van der Waals surface area contributed by atoms with Crippen molar-refractivity contribution in [2.24, 2.45) is 5.84 Å². The normalized spacial score (nSPS) is 10.4. The molecule has 0 atom stereocenters. The number of nitrogens with two attached hydrogens (primary N) is 1. The third-order valence-electron chi connectivity index (χ3n) is 3.67. The van der Waals surface area contributed by atoms with Crippen LogP contribution in [0.1, 0.15) is 96.8 Å². The van der Waals surface area contributed by atoms with Crippen LogP contribution < -0.4 is 11.3 Å². The molecule has 0 aromatic carbocycles. The Morgan fingerprint density at radius 3 is 1.21 bits per heavy atom. The second kappa shape index (κ2) is 20.5. The van der Waals surface area contributed by atoms with Gasteiger partial charge in [-0.2, -0.15) is 0 Å². The maximum atomic E-state index is 5.23. The zero-order valence-corrected chi connectivity index (χ0v) is 13.9. The van der Waals surface area contributed by atoms with Crippen molar-refractivity contribution in [1.82, 2.24) is 5.43 Å². The lowest BCUT2D eigenvalue weighted by Gasteiger charge is -2.03. The Labute approximate surface area is 127 Å². The zero-order chi connectivity index (χ0) is 13.3. The summed E-state index contributed by atoms with van der Waals surface area (Å²) >= 11 is 0. The van der Waals surface area contributed by atoms with Crippen molar-refractivity contribution in [2.45, 2.75) is 96.8 Å². The van der Waals surface area contributed by atoms with Gasteiger partial charge in [-0.1, -0.05) is 90.4 Å². The minimum absolute atomic E-state index is 0. The van der Waals surface area contributed by atoms with E-state index in [1.807, 2.05) is 0 Å². The second-order valence-corrected chi connectivity index (χ2v) is 5.55. The van der Waals surface area contributed by atoms with Crippen LogP contribution in [0.15, 0.2) is 0 Å². The number of unbranched alkanes of at least 4 members (excludes halogenated alkanes) is 13. The summed E-state index contributed by atoms with van der Waals surface area (Å²) in [4.78, 5) is 0. The third kappa shape index (κ3) is 20.7. The molecule has 3 heteroatoms. The minimum Gasteiger partial charge on any atom is -0.271 e. The number of hydrogen-bond acceptors (Lipinski definition) is 2. The summed E-state index contributed by atoms with van der Waals surface area (Å²) in [6.45, 7) is 3.25. The van der Waals surface area contributed by atoms with E-state index in [1.54, 1.807) is 0 Å². The molecule has 0 radical (unpaired) electrons. The highest BCUT2D eigenvalue weighted by molar-refractivity contribution is 5.85. The first kappa shape index (κ1) is 21.5. The molecule has 0 unspecified atom stereocenters. The molecule has 0 saturated heterocycles. The fourth-order valence-electron chi connectivity index (χ4n) is 2.42. The molecule has 0 saturated carbocycles. The fourth-order valence-corrected chi connectivity index (χ4v) is 2.42. The Morgan fingerprint density at radius 2 is 0.895 bits per heavy atom. The Bertz CT molecular complexity index is 127. The van der Waals surface area contributed by atoms with Gasteiger partial charge in [-0.05, 0) is 6.42 Å². The van der Waals surface area contributed by atoms with Gasteiger partial charge in [0.05, 0.1) is 0 Å². The molecule has 0 aliphatic heterocycles. The number of hydrazine groups is 1. The van der Waals surface area contributed by atoms with Gasteiger partial charge in [-0.25, -0.2) is 0 Å². The lowest BCUT2D eigenvalue weighted by Crippen LogP contribution is -2.22. The van der Waals surface area contributed by atoms with E-state index in [2.05, 4.69) is 12.3 Å². The first-order chi connectivity index (χ1) is 8.91. The van der Waals surface area contributed by atoms with E-state index >= 15 is 0 Å². The monoisotopic (exact) mass is 292 g/mol. The minimum atomic E-state index is 0. The van der Waals surface area contributed by atoms with Crippen molar-refractivity contribution >= 4 is 12.4 Å². The lowest BCUT2D eigenvalue weighted by atomic mass is 10.0. The average Bonchev–Trinajstić information content (AvgIpc) is 2.39. The Hall–Kier alpha value is 0.210. The largest absolute Gasteiger partial charge is 0.271 e. The van der Waals surface area contributed by atoms with Crippen LogP contribution in [0.2, 0.25) is 0 Å². The van der Waals surface area contributed by atoms with Crippen molar-refractivity contribution in [3.05, 3.63) is 0 Å². The second-order valence-electron chi connectivity index (χ2n) is 5.55. The summed E-state index contributed by atoms with van der Waals surface area (Å²) in [7, 11) is 0. The summed E-state index contributed by atoms with van der Waals surface area (Å²) in [5.41, 5.74) is 2.71. The average molecular weight is 293 g/mol. The molecule has 0 aromatic heterocycles. The van der Waals surface area contributed by atoms with Gasteiger partial charge in [0, 0.05) is 6.54 Å². The molecule has 0 aliphatic rings. The van der Waals surface area contributed by atoms with Crippen LogP contribution in [0.5, 0.6) is 0 Å². The molecule has 118 valence electrons. The molecular formula is C16H37ClN2. The molecule has 0 fully saturated rings. The van der Waals surface area contributed by atoms with Gasteiger partial charge in [0.25, 0.3) is 0 Å². The van der Waals surface area contributed by atoms with Crippen LogP contribution >= 0.6 is 12.4 Å². The molecule has 3 N–H and O–H groups in total. The zero-order valence-electron chi connectivity index (χ0n) is 13.1. The van der Waals surface area contributed by atoms with Gasteiger partial charge in [0.1, 0.15) is 0 Å². The van der Waals surface area contributed by atoms with Crippen LogP contribution in [-0.2, 0) is 0 Å². The Balaban J connectivity index is 0. The SMILES string of the molecule is CCCCCCCCCCCCCCCCNN.Cl. The molecule has 0 aromatic rings. The summed E-state index contributed by atoms with van der Waals surface area (Å²) in [6.07, 6.45) is 19.8. The molecule has 0 spiro atoms. The van der Waals surface area contributed by atoms with Gasteiger partial charge >= 0.3 is 0 Å². The molecule has 0 aliphatic carbocycles. The van der Waals surface area contributed by atoms with Crippen molar-refractivity contribution in [1.29, 1.82) is 0 Å². The molecule has 19 heavy (non-hydrogen) atoms. The topological polar surface area (TPSA) is 38.0 Å². The predicted octanol–water partition coefficient (Wildman–Crippen LogP) is 5.35. The van der Waals surface area contributed by atoms with E-state index in [0.717, 1.165) is 6.54 Å². The van der Waals surface area contributed by atoms with E-state index in [4.69, 9.17) is 5.84 Å². The van der Waals surface area contributed by atoms with Gasteiger partial charge in [0.15, 0.2) is 0 Å². The molecular weight excluding hydrogens is 256 g/mol. The molecule has 0 rings (SSSR count). The van der Waals surface area contributed by atoms with E-state index in [1.165, 1.54) is 89.9 Å². The number of halogens is 1. The van der Waals surface area contributed by atoms with Crippen molar-refractivity contribution < 1.29 is 0 Å². The number of rotatable bonds is 15. The Kier molecular flexibility index (Phi) is 23.2. The van der Waals surface area contributed by atoms with Gasteiger partial charge < -0.3 is 0 Å². The highest BCUT2D eigenvalue weighted by Crippen LogP contribution is 2.12. The van der Waals surface area contributed by atoms with Gasteiger partial charge in [-0.15, -0.1) is 12.4 Å². The standard InChI is InChI=1S/C16H36N2.ClH/c1-2-3-4-5-6-7-8-9-10-11-12-13-14-15-16-18-17;/h18H,2-17H2,1H3;1H. The summed E-state index contributed by atoms with van der Waals surface area (Å²) in [6, 6.07) is 0. The van der Waals surface area contributed by atoms with Crippen LogP contribution in [0, 0.1) is 0 Å². The quantitative estimate of drug-likeness (QED) is 0.242. The predicted molar refractivity (Wildman–Crippen MR) is 89.8 cm³/mol. The van der Waals surface area contributed by atoms with Crippen molar-refractivity contribution in [3.63, 3.8) is 0 Å². The van der Waals surface area contributed by atoms with Crippen LogP contribution in [-0.4, -0.2) is 6.54 Å². The van der Waals surface area contributed by atoms with Crippen LogP contribution in [0.3, 0.4) is 0 Å². The molecule has 0 bridgehead atoms. The highest BCUT2D eigenvalue weighted by atomic mass is 35.5. The number of nitrogens with one attached hydrogen (secondary N) is 1. The van der Waals surface area contributed by atoms with E-state index in [-0.39, 0.29) is 12.4 Å². The fraction of sp³-hybridized carbons (Fsp3) is 1.00. The maximum Gasteiger partial charge on any atom is 0.00974 e. The van der Waals surface area contributed by atoms with E-state index < -0.39 is 0 Å². The third-order valence-corrected chi connectivity index (χ3v) is 3.67. The summed E-state index contributed by atoms with van der Waals surface area (Å²) in [5.74, 6) is 5.23. The maximum absolute atomic E-state index is 5.23.